The Bertz CT molecular complexity index is 681. The monoisotopic (exact) mass is 311 g/mol. The van der Waals surface area contributed by atoms with Crippen molar-refractivity contribution in [2.45, 2.75) is 19.8 Å². The van der Waals surface area contributed by atoms with Crippen LogP contribution in [0.1, 0.15) is 28.8 Å². The quantitative estimate of drug-likeness (QED) is 0.876. The molecule has 2 rings (SSSR count). The largest absolute Gasteiger partial charge is 0.478 e. The average Bonchev–Trinajstić information content (AvgIpc) is 2.71. The van der Waals surface area contributed by atoms with Gasteiger partial charge in [0.1, 0.15) is 0 Å². The van der Waals surface area contributed by atoms with E-state index in [1.165, 1.54) is 12.1 Å². The molecule has 1 heterocycles. The molecule has 1 aliphatic rings. The highest BCUT2D eigenvalue weighted by molar-refractivity contribution is 7.91. The first-order chi connectivity index (χ1) is 9.77. The zero-order valence-electron chi connectivity index (χ0n) is 11.6. The first-order valence-electron chi connectivity index (χ1n) is 6.61. The SMILES string of the molecule is Cc1ccc(C(=O)O)cc1NC(=O)CC1CCS(=O)(=O)C1. The fraction of sp³-hybridized carbons (Fsp3) is 0.429. The van der Waals surface area contributed by atoms with E-state index < -0.39 is 15.8 Å². The lowest BCUT2D eigenvalue weighted by Crippen LogP contribution is -2.18. The van der Waals surface area contributed by atoms with Crippen molar-refractivity contribution >= 4 is 27.4 Å². The van der Waals surface area contributed by atoms with E-state index >= 15 is 0 Å². The van der Waals surface area contributed by atoms with Crippen molar-refractivity contribution in [2.24, 2.45) is 5.92 Å². The molecule has 1 aromatic rings. The van der Waals surface area contributed by atoms with E-state index in [1.807, 2.05) is 0 Å². The van der Waals surface area contributed by atoms with E-state index in [9.17, 15) is 18.0 Å². The molecule has 0 radical (unpaired) electrons. The Morgan fingerprint density at radius 1 is 1.38 bits per heavy atom. The van der Waals surface area contributed by atoms with Gasteiger partial charge in [-0.05, 0) is 37.0 Å². The Morgan fingerprint density at radius 2 is 2.10 bits per heavy atom. The van der Waals surface area contributed by atoms with Crippen LogP contribution in [-0.4, -0.2) is 36.9 Å². The summed E-state index contributed by atoms with van der Waals surface area (Å²) in [5.74, 6) is -1.32. The third kappa shape index (κ3) is 4.04. The summed E-state index contributed by atoms with van der Waals surface area (Å²) < 4.78 is 22.7. The van der Waals surface area contributed by atoms with Gasteiger partial charge in [-0.1, -0.05) is 6.07 Å². The Kier molecular flexibility index (Phi) is 4.32. The molecular formula is C14H17NO5S. The minimum Gasteiger partial charge on any atom is -0.478 e. The van der Waals surface area contributed by atoms with Gasteiger partial charge in [-0.3, -0.25) is 4.79 Å². The van der Waals surface area contributed by atoms with Gasteiger partial charge in [-0.2, -0.15) is 0 Å². The van der Waals surface area contributed by atoms with Gasteiger partial charge in [0.15, 0.2) is 9.84 Å². The Balaban J connectivity index is 2.03. The predicted molar refractivity (Wildman–Crippen MR) is 78.1 cm³/mol. The molecule has 7 heteroatoms. The second-order valence-corrected chi connectivity index (χ2v) is 7.58. The summed E-state index contributed by atoms with van der Waals surface area (Å²) in [6.45, 7) is 1.77. The molecule has 0 spiro atoms. The van der Waals surface area contributed by atoms with Gasteiger partial charge < -0.3 is 10.4 Å². The molecule has 1 atom stereocenters. The maximum absolute atomic E-state index is 12.0. The molecule has 1 aliphatic heterocycles. The number of carbonyl (C=O) groups excluding carboxylic acids is 1. The summed E-state index contributed by atoms with van der Waals surface area (Å²) in [6.07, 6.45) is 0.639. The van der Waals surface area contributed by atoms with E-state index in [1.54, 1.807) is 13.0 Å². The number of rotatable bonds is 4. The summed E-state index contributed by atoms with van der Waals surface area (Å²) in [5, 5.41) is 11.6. The van der Waals surface area contributed by atoms with Crippen LogP contribution in [0.5, 0.6) is 0 Å². The highest BCUT2D eigenvalue weighted by Gasteiger charge is 2.29. The summed E-state index contributed by atoms with van der Waals surface area (Å²) >= 11 is 0. The summed E-state index contributed by atoms with van der Waals surface area (Å²) in [6, 6.07) is 4.50. The van der Waals surface area contributed by atoms with Gasteiger partial charge in [0.05, 0.1) is 17.1 Å². The molecule has 1 amide bonds. The number of amides is 1. The number of carbonyl (C=O) groups is 2. The topological polar surface area (TPSA) is 101 Å². The normalized spacial score (nSPS) is 20.1. The smallest absolute Gasteiger partial charge is 0.335 e. The van der Waals surface area contributed by atoms with Crippen molar-refractivity contribution in [3.05, 3.63) is 29.3 Å². The van der Waals surface area contributed by atoms with Crippen LogP contribution in [0, 0.1) is 12.8 Å². The van der Waals surface area contributed by atoms with E-state index in [2.05, 4.69) is 5.32 Å². The van der Waals surface area contributed by atoms with E-state index in [4.69, 9.17) is 5.11 Å². The van der Waals surface area contributed by atoms with Crippen molar-refractivity contribution in [1.29, 1.82) is 0 Å². The van der Waals surface area contributed by atoms with Crippen molar-refractivity contribution < 1.29 is 23.1 Å². The molecule has 1 fully saturated rings. The maximum Gasteiger partial charge on any atom is 0.335 e. The summed E-state index contributed by atoms with van der Waals surface area (Å²) in [7, 11) is -3.00. The fourth-order valence-electron chi connectivity index (χ4n) is 2.39. The molecule has 2 N–H and O–H groups in total. The minimum atomic E-state index is -3.00. The highest BCUT2D eigenvalue weighted by Crippen LogP contribution is 2.23. The molecule has 0 aromatic heterocycles. The first kappa shape index (κ1) is 15.5. The van der Waals surface area contributed by atoms with Crippen molar-refractivity contribution in [3.63, 3.8) is 0 Å². The van der Waals surface area contributed by atoms with Crippen LogP contribution in [0.2, 0.25) is 0 Å². The summed E-state index contributed by atoms with van der Waals surface area (Å²) in [5.41, 5.74) is 1.30. The number of carboxylic acid groups (broad SMARTS) is 1. The van der Waals surface area contributed by atoms with Gasteiger partial charge in [-0.15, -0.1) is 0 Å². The van der Waals surface area contributed by atoms with Gasteiger partial charge in [-0.25, -0.2) is 13.2 Å². The van der Waals surface area contributed by atoms with E-state index in [-0.39, 0.29) is 35.3 Å². The number of hydrogen-bond donors (Lipinski definition) is 2. The second kappa shape index (κ2) is 5.85. The zero-order valence-corrected chi connectivity index (χ0v) is 12.4. The predicted octanol–water partition coefficient (Wildman–Crippen LogP) is 1.46. The van der Waals surface area contributed by atoms with Crippen LogP contribution in [0.25, 0.3) is 0 Å². The number of hydrogen-bond acceptors (Lipinski definition) is 4. The number of sulfone groups is 1. The second-order valence-electron chi connectivity index (χ2n) is 5.36. The van der Waals surface area contributed by atoms with Crippen LogP contribution in [0.4, 0.5) is 5.69 Å². The zero-order chi connectivity index (χ0) is 15.6. The molecule has 1 unspecified atom stereocenters. The lowest BCUT2D eigenvalue weighted by Gasteiger charge is -2.11. The molecule has 1 aromatic carbocycles. The minimum absolute atomic E-state index is 0.0502. The molecule has 114 valence electrons. The molecule has 6 nitrogen and oxygen atoms in total. The van der Waals surface area contributed by atoms with Crippen molar-refractivity contribution in [2.75, 3.05) is 16.8 Å². The lowest BCUT2D eigenvalue weighted by atomic mass is 10.0. The Hall–Kier alpha value is -1.89. The number of benzene rings is 1. The Morgan fingerprint density at radius 3 is 2.67 bits per heavy atom. The fourth-order valence-corrected chi connectivity index (χ4v) is 4.25. The highest BCUT2D eigenvalue weighted by atomic mass is 32.2. The third-order valence-electron chi connectivity index (χ3n) is 3.56. The van der Waals surface area contributed by atoms with Gasteiger partial charge >= 0.3 is 5.97 Å². The number of nitrogens with one attached hydrogen (secondary N) is 1. The van der Waals surface area contributed by atoms with Gasteiger partial charge in [0, 0.05) is 12.1 Å². The molecule has 1 saturated heterocycles. The van der Waals surface area contributed by atoms with E-state index in [0.29, 0.717) is 12.1 Å². The van der Waals surface area contributed by atoms with Crippen LogP contribution in [-0.2, 0) is 14.6 Å². The number of aromatic carboxylic acids is 1. The Labute approximate surface area is 123 Å². The van der Waals surface area contributed by atoms with E-state index in [0.717, 1.165) is 5.56 Å². The standard InChI is InChI=1S/C14H17NO5S/c1-9-2-3-11(14(17)18)7-12(9)15-13(16)6-10-4-5-21(19,20)8-10/h2-3,7,10H,4-6,8H2,1H3,(H,15,16)(H,17,18). The molecule has 21 heavy (non-hydrogen) atoms. The average molecular weight is 311 g/mol. The van der Waals surface area contributed by atoms with Crippen LogP contribution < -0.4 is 5.32 Å². The number of carboxylic acids is 1. The van der Waals surface area contributed by atoms with Crippen molar-refractivity contribution in [3.8, 4) is 0 Å². The number of aryl methyl sites for hydroxylation is 1. The third-order valence-corrected chi connectivity index (χ3v) is 5.40. The molecule has 0 saturated carbocycles. The van der Waals surface area contributed by atoms with Gasteiger partial charge in [0.2, 0.25) is 5.91 Å². The molecule has 0 bridgehead atoms. The maximum atomic E-state index is 12.0. The van der Waals surface area contributed by atoms with Crippen molar-refractivity contribution in [1.82, 2.24) is 0 Å². The molecule has 0 aliphatic carbocycles. The number of anilines is 1. The van der Waals surface area contributed by atoms with Gasteiger partial charge in [0.25, 0.3) is 0 Å². The van der Waals surface area contributed by atoms with Crippen LogP contribution >= 0.6 is 0 Å². The van der Waals surface area contributed by atoms with Crippen LogP contribution in [0.15, 0.2) is 18.2 Å². The van der Waals surface area contributed by atoms with Crippen LogP contribution in [0.3, 0.4) is 0 Å². The summed E-state index contributed by atoms with van der Waals surface area (Å²) in [4.78, 5) is 22.9. The first-order valence-corrected chi connectivity index (χ1v) is 8.43. The molecular weight excluding hydrogens is 294 g/mol. The lowest BCUT2D eigenvalue weighted by molar-refractivity contribution is -0.116.